The zero-order chi connectivity index (χ0) is 12.2. The lowest BCUT2D eigenvalue weighted by atomic mass is 9.97. The number of benzene rings is 1. The van der Waals surface area contributed by atoms with Crippen molar-refractivity contribution in [3.8, 4) is 0 Å². The maximum atomic E-state index is 13.5. The van der Waals surface area contributed by atoms with Crippen LogP contribution in [0.2, 0.25) is 0 Å². The second-order valence-electron chi connectivity index (χ2n) is 5.40. The first-order chi connectivity index (χ1) is 7.97. The topological polar surface area (TPSA) is 41.1 Å². The Morgan fingerprint density at radius 3 is 2.71 bits per heavy atom. The third-order valence-corrected chi connectivity index (χ3v) is 3.40. The van der Waals surface area contributed by atoms with Gasteiger partial charge in [-0.05, 0) is 50.3 Å². The highest BCUT2D eigenvalue weighted by Gasteiger charge is 2.37. The van der Waals surface area contributed by atoms with Crippen LogP contribution in [0.15, 0.2) is 12.1 Å². The van der Waals surface area contributed by atoms with Gasteiger partial charge in [0.2, 0.25) is 5.91 Å². The van der Waals surface area contributed by atoms with Gasteiger partial charge in [0.15, 0.2) is 0 Å². The standard InChI is InChI=1S/C13H15FN2O/c1-13(2)12(17)15-11-9(7-3-4-7)5-8(14)6-10(11)16-13/h5-7,16H,3-4H2,1-2H3,(H,15,17). The number of halogens is 1. The van der Waals surface area contributed by atoms with Crippen LogP contribution in [0.5, 0.6) is 0 Å². The molecule has 1 aliphatic carbocycles. The zero-order valence-electron chi connectivity index (χ0n) is 9.93. The molecular formula is C13H15FN2O. The lowest BCUT2D eigenvalue weighted by Gasteiger charge is -2.34. The number of hydrogen-bond donors (Lipinski definition) is 2. The number of carbonyl (C=O) groups excluding carboxylic acids is 1. The lowest BCUT2D eigenvalue weighted by molar-refractivity contribution is -0.119. The number of fused-ring (bicyclic) bond motifs is 1. The van der Waals surface area contributed by atoms with E-state index in [2.05, 4.69) is 10.6 Å². The van der Waals surface area contributed by atoms with E-state index in [-0.39, 0.29) is 11.7 Å². The Morgan fingerprint density at radius 2 is 2.06 bits per heavy atom. The molecule has 0 saturated heterocycles. The summed E-state index contributed by atoms with van der Waals surface area (Å²) in [4.78, 5) is 11.9. The van der Waals surface area contributed by atoms with Crippen molar-refractivity contribution >= 4 is 17.3 Å². The van der Waals surface area contributed by atoms with Crippen LogP contribution in [-0.2, 0) is 4.79 Å². The first-order valence-corrected chi connectivity index (χ1v) is 5.90. The monoisotopic (exact) mass is 234 g/mol. The van der Waals surface area contributed by atoms with Crippen molar-refractivity contribution in [3.63, 3.8) is 0 Å². The third-order valence-electron chi connectivity index (χ3n) is 3.40. The number of rotatable bonds is 1. The maximum absolute atomic E-state index is 13.5. The van der Waals surface area contributed by atoms with Gasteiger partial charge in [-0.3, -0.25) is 4.79 Å². The molecule has 1 saturated carbocycles. The van der Waals surface area contributed by atoms with Gasteiger partial charge in [-0.25, -0.2) is 4.39 Å². The molecule has 2 N–H and O–H groups in total. The Labute approximate surface area is 99.4 Å². The van der Waals surface area contributed by atoms with Crippen LogP contribution in [0.4, 0.5) is 15.8 Å². The SMILES string of the molecule is CC1(C)Nc2cc(F)cc(C3CC3)c2NC1=O. The summed E-state index contributed by atoms with van der Waals surface area (Å²) < 4.78 is 13.5. The lowest BCUT2D eigenvalue weighted by Crippen LogP contribution is -2.47. The summed E-state index contributed by atoms with van der Waals surface area (Å²) in [5.41, 5.74) is 1.69. The van der Waals surface area contributed by atoms with Gasteiger partial charge >= 0.3 is 0 Å². The van der Waals surface area contributed by atoms with Gasteiger partial charge in [0.25, 0.3) is 0 Å². The Bertz CT molecular complexity index is 506. The molecule has 1 fully saturated rings. The van der Waals surface area contributed by atoms with Crippen molar-refractivity contribution in [2.24, 2.45) is 0 Å². The Hall–Kier alpha value is -1.58. The quantitative estimate of drug-likeness (QED) is 0.784. The molecule has 2 aliphatic rings. The third kappa shape index (κ3) is 1.68. The largest absolute Gasteiger partial charge is 0.370 e. The van der Waals surface area contributed by atoms with Crippen molar-refractivity contribution in [2.75, 3.05) is 10.6 Å². The average Bonchev–Trinajstić information content (AvgIpc) is 3.02. The number of anilines is 2. The summed E-state index contributed by atoms with van der Waals surface area (Å²) in [6.07, 6.45) is 2.16. The first kappa shape index (κ1) is 10.6. The first-order valence-electron chi connectivity index (χ1n) is 5.90. The summed E-state index contributed by atoms with van der Waals surface area (Å²) in [6, 6.07) is 2.99. The fraction of sp³-hybridized carbons (Fsp3) is 0.462. The molecule has 17 heavy (non-hydrogen) atoms. The zero-order valence-corrected chi connectivity index (χ0v) is 9.93. The average molecular weight is 234 g/mol. The molecule has 90 valence electrons. The number of carbonyl (C=O) groups is 1. The van der Waals surface area contributed by atoms with Crippen LogP contribution in [0.3, 0.4) is 0 Å². The molecule has 3 nitrogen and oxygen atoms in total. The number of hydrogen-bond acceptors (Lipinski definition) is 2. The molecule has 4 heteroatoms. The molecule has 1 amide bonds. The van der Waals surface area contributed by atoms with Crippen molar-refractivity contribution < 1.29 is 9.18 Å². The van der Waals surface area contributed by atoms with Crippen LogP contribution in [0.25, 0.3) is 0 Å². The van der Waals surface area contributed by atoms with E-state index in [1.54, 1.807) is 13.8 Å². The van der Waals surface area contributed by atoms with Gasteiger partial charge in [0, 0.05) is 0 Å². The van der Waals surface area contributed by atoms with Crippen molar-refractivity contribution in [1.29, 1.82) is 0 Å². The molecule has 0 atom stereocenters. The van der Waals surface area contributed by atoms with E-state index in [0.717, 1.165) is 24.1 Å². The molecule has 0 unspecified atom stereocenters. The highest BCUT2D eigenvalue weighted by molar-refractivity contribution is 6.06. The second-order valence-corrected chi connectivity index (χ2v) is 5.40. The number of nitrogens with one attached hydrogen (secondary N) is 2. The van der Waals surface area contributed by atoms with Gasteiger partial charge < -0.3 is 10.6 Å². The molecule has 3 rings (SSSR count). The Balaban J connectivity index is 2.12. The van der Waals surface area contributed by atoms with Crippen LogP contribution in [0.1, 0.15) is 38.2 Å². The van der Waals surface area contributed by atoms with Crippen LogP contribution < -0.4 is 10.6 Å². The summed E-state index contributed by atoms with van der Waals surface area (Å²) >= 11 is 0. The van der Waals surface area contributed by atoms with Crippen LogP contribution in [-0.4, -0.2) is 11.4 Å². The van der Waals surface area contributed by atoms with E-state index >= 15 is 0 Å². The molecule has 1 aromatic rings. The van der Waals surface area contributed by atoms with Crippen LogP contribution >= 0.6 is 0 Å². The van der Waals surface area contributed by atoms with Gasteiger partial charge in [-0.15, -0.1) is 0 Å². The molecule has 0 radical (unpaired) electrons. The predicted octanol–water partition coefficient (Wildman–Crippen LogP) is 2.85. The molecule has 1 aliphatic heterocycles. The molecular weight excluding hydrogens is 219 g/mol. The van der Waals surface area contributed by atoms with E-state index in [1.165, 1.54) is 12.1 Å². The molecule has 1 heterocycles. The van der Waals surface area contributed by atoms with E-state index in [4.69, 9.17) is 0 Å². The molecule has 0 bridgehead atoms. The van der Waals surface area contributed by atoms with Gasteiger partial charge in [0.05, 0.1) is 11.4 Å². The van der Waals surface area contributed by atoms with Gasteiger partial charge in [-0.1, -0.05) is 0 Å². The minimum atomic E-state index is -0.693. The van der Waals surface area contributed by atoms with Crippen molar-refractivity contribution in [2.45, 2.75) is 38.1 Å². The normalized spacial score (nSPS) is 21.5. The minimum absolute atomic E-state index is 0.0708. The highest BCUT2D eigenvalue weighted by atomic mass is 19.1. The fourth-order valence-electron chi connectivity index (χ4n) is 2.25. The van der Waals surface area contributed by atoms with Crippen molar-refractivity contribution in [3.05, 3.63) is 23.5 Å². The Kier molecular flexibility index (Phi) is 2.00. The predicted molar refractivity (Wildman–Crippen MR) is 64.7 cm³/mol. The van der Waals surface area contributed by atoms with E-state index in [1.807, 2.05) is 0 Å². The molecule has 0 spiro atoms. The smallest absolute Gasteiger partial charge is 0.249 e. The van der Waals surface area contributed by atoms with E-state index < -0.39 is 5.54 Å². The maximum Gasteiger partial charge on any atom is 0.249 e. The molecule has 0 aromatic heterocycles. The Morgan fingerprint density at radius 1 is 1.35 bits per heavy atom. The van der Waals surface area contributed by atoms with E-state index in [9.17, 15) is 9.18 Å². The second kappa shape index (κ2) is 3.22. The van der Waals surface area contributed by atoms with E-state index in [0.29, 0.717) is 11.6 Å². The highest BCUT2D eigenvalue weighted by Crippen LogP contribution is 2.47. The fourth-order valence-corrected chi connectivity index (χ4v) is 2.25. The minimum Gasteiger partial charge on any atom is -0.370 e. The summed E-state index contributed by atoms with van der Waals surface area (Å²) in [5, 5.41) is 6.00. The molecule has 1 aromatic carbocycles. The number of amides is 1. The van der Waals surface area contributed by atoms with Crippen LogP contribution in [0, 0.1) is 5.82 Å². The summed E-state index contributed by atoms with van der Waals surface area (Å²) in [5.74, 6) is 0.0892. The van der Waals surface area contributed by atoms with Gasteiger partial charge in [0.1, 0.15) is 11.4 Å². The summed E-state index contributed by atoms with van der Waals surface area (Å²) in [7, 11) is 0. The van der Waals surface area contributed by atoms with Gasteiger partial charge in [-0.2, -0.15) is 0 Å². The summed E-state index contributed by atoms with van der Waals surface area (Å²) in [6.45, 7) is 3.57. The van der Waals surface area contributed by atoms with Crippen molar-refractivity contribution in [1.82, 2.24) is 0 Å².